The molecule has 2 amide bonds. The van der Waals surface area contributed by atoms with Crippen molar-refractivity contribution >= 4 is 17.7 Å². The van der Waals surface area contributed by atoms with E-state index in [0.29, 0.717) is 11.3 Å². The molecule has 4 fully saturated rings. The number of amides is 2. The first-order valence-corrected chi connectivity index (χ1v) is 8.60. The largest absolute Gasteiger partial charge is 0.443 e. The Hall–Kier alpha value is -2.08. The fraction of sp³-hybridized carbons (Fsp3) is 0.556. The molecule has 3 N–H and O–H groups in total. The first-order valence-electron chi connectivity index (χ1n) is 8.60. The van der Waals surface area contributed by atoms with Crippen molar-refractivity contribution in [3.63, 3.8) is 0 Å². The van der Waals surface area contributed by atoms with Crippen LogP contribution in [0.5, 0.6) is 0 Å². The standard InChI is InChI=1S/C18H22N2O4/c21-16(20-23)14-1-3-15(4-2-14)19-17(22)24-18-8-11-5-12(9-18)7-13(6-11)10-18/h1-4,11-13,23H,5-10H2,(H,19,22)(H,20,21). The van der Waals surface area contributed by atoms with Crippen molar-refractivity contribution in [2.24, 2.45) is 17.8 Å². The third kappa shape index (κ3) is 2.86. The van der Waals surface area contributed by atoms with Crippen LogP contribution in [-0.4, -0.2) is 22.8 Å². The molecule has 0 heterocycles. The summed E-state index contributed by atoms with van der Waals surface area (Å²) in [5.74, 6) is 1.58. The topological polar surface area (TPSA) is 87.7 Å². The predicted octanol–water partition coefficient (Wildman–Crippen LogP) is 3.32. The maximum absolute atomic E-state index is 12.3. The van der Waals surface area contributed by atoms with Crippen molar-refractivity contribution < 1.29 is 19.5 Å². The molecule has 128 valence electrons. The number of rotatable bonds is 3. The van der Waals surface area contributed by atoms with E-state index in [4.69, 9.17) is 9.94 Å². The molecule has 0 atom stereocenters. The Kier molecular flexibility index (Phi) is 3.72. The van der Waals surface area contributed by atoms with Gasteiger partial charge in [-0.1, -0.05) is 0 Å². The Labute approximate surface area is 140 Å². The normalized spacial score (nSPS) is 33.1. The van der Waals surface area contributed by atoms with Crippen LogP contribution in [0.15, 0.2) is 24.3 Å². The average molecular weight is 330 g/mol. The minimum atomic E-state index is -0.585. The molecular formula is C18H22N2O4. The van der Waals surface area contributed by atoms with Gasteiger partial charge in [0, 0.05) is 11.3 Å². The summed E-state index contributed by atoms with van der Waals surface area (Å²) in [4.78, 5) is 23.6. The second-order valence-electron chi connectivity index (χ2n) is 7.63. The van der Waals surface area contributed by atoms with Gasteiger partial charge in [0.2, 0.25) is 0 Å². The molecule has 4 aliphatic carbocycles. The maximum atomic E-state index is 12.3. The first-order chi connectivity index (χ1) is 11.5. The van der Waals surface area contributed by atoms with Crippen LogP contribution in [0.1, 0.15) is 48.9 Å². The second-order valence-corrected chi connectivity index (χ2v) is 7.63. The summed E-state index contributed by atoms with van der Waals surface area (Å²) in [6, 6.07) is 6.30. The van der Waals surface area contributed by atoms with Crippen LogP contribution in [0.25, 0.3) is 0 Å². The van der Waals surface area contributed by atoms with Crippen LogP contribution in [-0.2, 0) is 4.74 Å². The molecule has 0 aromatic heterocycles. The average Bonchev–Trinajstić information content (AvgIpc) is 2.53. The minimum Gasteiger partial charge on any atom is -0.443 e. The van der Waals surface area contributed by atoms with Gasteiger partial charge in [-0.3, -0.25) is 15.3 Å². The zero-order valence-corrected chi connectivity index (χ0v) is 13.5. The van der Waals surface area contributed by atoms with Crippen molar-refractivity contribution in [1.29, 1.82) is 0 Å². The molecule has 4 bridgehead atoms. The van der Waals surface area contributed by atoms with E-state index >= 15 is 0 Å². The minimum absolute atomic E-state index is 0.268. The Bertz CT molecular complexity index is 620. The molecule has 4 saturated carbocycles. The highest BCUT2D eigenvalue weighted by Gasteiger charge is 2.53. The SMILES string of the molecule is O=C(Nc1ccc(C(=O)NO)cc1)OC12CC3CC(CC(C3)C1)C2. The van der Waals surface area contributed by atoms with Gasteiger partial charge >= 0.3 is 6.09 Å². The zero-order chi connectivity index (χ0) is 16.7. The highest BCUT2D eigenvalue weighted by molar-refractivity contribution is 5.94. The molecule has 4 aliphatic rings. The lowest BCUT2D eigenvalue weighted by atomic mass is 9.54. The van der Waals surface area contributed by atoms with E-state index in [-0.39, 0.29) is 5.60 Å². The lowest BCUT2D eigenvalue weighted by Crippen LogP contribution is -2.53. The lowest BCUT2D eigenvalue weighted by Gasteiger charge is -2.55. The summed E-state index contributed by atoms with van der Waals surface area (Å²) in [7, 11) is 0. The lowest BCUT2D eigenvalue weighted by molar-refractivity contribution is -0.124. The third-order valence-corrected chi connectivity index (χ3v) is 5.79. The summed E-state index contributed by atoms with van der Waals surface area (Å²) >= 11 is 0. The van der Waals surface area contributed by atoms with Crippen molar-refractivity contribution in [3.05, 3.63) is 29.8 Å². The number of hydrogen-bond donors (Lipinski definition) is 3. The van der Waals surface area contributed by atoms with Crippen LogP contribution in [0.3, 0.4) is 0 Å². The van der Waals surface area contributed by atoms with Gasteiger partial charge in [-0.05, 0) is 80.5 Å². The summed E-state index contributed by atoms with van der Waals surface area (Å²) in [6.07, 6.45) is 6.50. The molecule has 0 spiro atoms. The van der Waals surface area contributed by atoms with Gasteiger partial charge in [0.05, 0.1) is 0 Å². The molecule has 6 heteroatoms. The van der Waals surface area contributed by atoms with Gasteiger partial charge in [-0.15, -0.1) is 0 Å². The van der Waals surface area contributed by atoms with E-state index in [1.807, 2.05) is 0 Å². The van der Waals surface area contributed by atoms with Crippen molar-refractivity contribution in [3.8, 4) is 0 Å². The molecule has 0 unspecified atom stereocenters. The van der Waals surface area contributed by atoms with Crippen molar-refractivity contribution in [1.82, 2.24) is 5.48 Å². The Morgan fingerprint density at radius 1 is 1.00 bits per heavy atom. The van der Waals surface area contributed by atoms with Gasteiger partial charge in [0.1, 0.15) is 5.60 Å². The highest BCUT2D eigenvalue weighted by Crippen LogP contribution is 2.57. The fourth-order valence-electron chi connectivity index (χ4n) is 5.27. The molecule has 6 nitrogen and oxygen atoms in total. The molecular weight excluding hydrogens is 308 g/mol. The molecule has 0 aliphatic heterocycles. The van der Waals surface area contributed by atoms with E-state index in [1.54, 1.807) is 17.6 Å². The predicted molar refractivity (Wildman–Crippen MR) is 86.7 cm³/mol. The summed E-state index contributed by atoms with van der Waals surface area (Å²) in [6.45, 7) is 0. The van der Waals surface area contributed by atoms with E-state index < -0.39 is 12.0 Å². The smallest absolute Gasteiger partial charge is 0.412 e. The molecule has 1 aromatic rings. The number of carbonyl (C=O) groups is 2. The molecule has 0 radical (unpaired) electrons. The molecule has 0 saturated heterocycles. The highest BCUT2D eigenvalue weighted by atomic mass is 16.6. The van der Waals surface area contributed by atoms with Crippen LogP contribution in [0.4, 0.5) is 10.5 Å². The van der Waals surface area contributed by atoms with E-state index in [2.05, 4.69) is 5.32 Å². The second kappa shape index (κ2) is 5.77. The van der Waals surface area contributed by atoms with Gasteiger partial charge in [-0.25, -0.2) is 10.3 Å². The number of nitrogens with one attached hydrogen (secondary N) is 2. The Balaban J connectivity index is 1.39. The first kappa shape index (κ1) is 15.4. The monoisotopic (exact) mass is 330 g/mol. The van der Waals surface area contributed by atoms with Gasteiger partial charge in [0.25, 0.3) is 5.91 Å². The van der Waals surface area contributed by atoms with Crippen molar-refractivity contribution in [2.75, 3.05) is 5.32 Å². The van der Waals surface area contributed by atoms with Crippen LogP contribution < -0.4 is 10.8 Å². The van der Waals surface area contributed by atoms with E-state index in [0.717, 1.165) is 37.0 Å². The van der Waals surface area contributed by atoms with Crippen molar-refractivity contribution in [2.45, 2.75) is 44.1 Å². The fourth-order valence-corrected chi connectivity index (χ4v) is 5.27. The Morgan fingerprint density at radius 3 is 2.04 bits per heavy atom. The number of ether oxygens (including phenoxy) is 1. The number of benzene rings is 1. The summed E-state index contributed by atoms with van der Waals surface area (Å²) in [5.41, 5.74) is 2.19. The maximum Gasteiger partial charge on any atom is 0.412 e. The molecule has 24 heavy (non-hydrogen) atoms. The van der Waals surface area contributed by atoms with Gasteiger partial charge in [-0.2, -0.15) is 0 Å². The number of anilines is 1. The quantitative estimate of drug-likeness (QED) is 0.586. The molecule has 5 rings (SSSR count). The van der Waals surface area contributed by atoms with Crippen LogP contribution in [0, 0.1) is 17.8 Å². The van der Waals surface area contributed by atoms with E-state index in [1.165, 1.54) is 31.4 Å². The zero-order valence-electron chi connectivity index (χ0n) is 13.5. The van der Waals surface area contributed by atoms with Crippen LogP contribution >= 0.6 is 0 Å². The van der Waals surface area contributed by atoms with E-state index in [9.17, 15) is 9.59 Å². The summed E-state index contributed by atoms with van der Waals surface area (Å²) < 4.78 is 5.88. The van der Waals surface area contributed by atoms with Gasteiger partial charge < -0.3 is 4.74 Å². The number of hydrogen-bond acceptors (Lipinski definition) is 4. The van der Waals surface area contributed by atoms with Gasteiger partial charge in [0.15, 0.2) is 0 Å². The Morgan fingerprint density at radius 2 is 1.54 bits per heavy atom. The number of hydroxylamine groups is 1. The third-order valence-electron chi connectivity index (χ3n) is 5.79. The number of carbonyl (C=O) groups excluding carboxylic acids is 2. The molecule has 1 aromatic carbocycles. The van der Waals surface area contributed by atoms with Crippen LogP contribution in [0.2, 0.25) is 0 Å². The summed E-state index contributed by atoms with van der Waals surface area (Å²) in [5, 5.41) is 11.3.